The lowest BCUT2D eigenvalue weighted by Crippen LogP contribution is -2.03. The molecule has 0 aromatic heterocycles. The van der Waals surface area contributed by atoms with Gasteiger partial charge >= 0.3 is 5.97 Å². The molecule has 4 heteroatoms. The number of hydrogen-bond donors (Lipinski definition) is 0. The largest absolute Gasteiger partial charge is 0.454 e. The van der Waals surface area contributed by atoms with Crippen LogP contribution in [-0.2, 0) is 4.79 Å². The maximum absolute atomic E-state index is 11.9. The van der Waals surface area contributed by atoms with E-state index < -0.39 is 5.97 Å². The van der Waals surface area contributed by atoms with Gasteiger partial charge < -0.3 is 14.2 Å². The molecular formula is C18H16O4. The molecule has 0 radical (unpaired) electrons. The van der Waals surface area contributed by atoms with Gasteiger partial charge in [0.25, 0.3) is 0 Å². The molecule has 1 aliphatic heterocycles. The molecule has 1 heterocycles. The molecule has 0 spiro atoms. The van der Waals surface area contributed by atoms with E-state index in [9.17, 15) is 4.79 Å². The van der Waals surface area contributed by atoms with Crippen LogP contribution in [0, 0.1) is 13.8 Å². The Bertz CT molecular complexity index is 747. The highest BCUT2D eigenvalue weighted by Crippen LogP contribution is 2.32. The number of esters is 1. The summed E-state index contributed by atoms with van der Waals surface area (Å²) in [5.74, 6) is 1.53. The van der Waals surface area contributed by atoms with Gasteiger partial charge in [-0.15, -0.1) is 0 Å². The quantitative estimate of drug-likeness (QED) is 0.492. The lowest BCUT2D eigenvalue weighted by atomic mass is 10.1. The highest BCUT2D eigenvalue weighted by atomic mass is 16.7. The summed E-state index contributed by atoms with van der Waals surface area (Å²) >= 11 is 0. The van der Waals surface area contributed by atoms with Crippen LogP contribution in [0.4, 0.5) is 0 Å². The van der Waals surface area contributed by atoms with Crippen molar-refractivity contribution in [3.8, 4) is 17.2 Å². The summed E-state index contributed by atoms with van der Waals surface area (Å²) in [6, 6.07) is 11.1. The van der Waals surface area contributed by atoms with Gasteiger partial charge in [-0.05, 0) is 60.9 Å². The van der Waals surface area contributed by atoms with Crippen molar-refractivity contribution in [3.05, 3.63) is 59.2 Å². The van der Waals surface area contributed by atoms with Crippen LogP contribution in [0.1, 0.15) is 16.7 Å². The molecule has 2 aromatic rings. The molecule has 4 nitrogen and oxygen atoms in total. The summed E-state index contributed by atoms with van der Waals surface area (Å²) < 4.78 is 15.8. The molecule has 0 fully saturated rings. The van der Waals surface area contributed by atoms with Crippen LogP contribution in [-0.4, -0.2) is 12.8 Å². The Balaban J connectivity index is 1.67. The molecule has 0 atom stereocenters. The molecule has 0 saturated heterocycles. The van der Waals surface area contributed by atoms with Gasteiger partial charge in [0.1, 0.15) is 5.75 Å². The van der Waals surface area contributed by atoms with Gasteiger partial charge in [0.05, 0.1) is 0 Å². The van der Waals surface area contributed by atoms with Crippen molar-refractivity contribution in [1.29, 1.82) is 0 Å². The first kappa shape index (κ1) is 14.2. The fourth-order valence-electron chi connectivity index (χ4n) is 2.11. The molecule has 22 heavy (non-hydrogen) atoms. The lowest BCUT2D eigenvalue weighted by molar-refractivity contribution is -0.128. The van der Waals surface area contributed by atoms with Crippen molar-refractivity contribution in [2.45, 2.75) is 13.8 Å². The number of aryl methyl sites for hydroxylation is 2. The van der Waals surface area contributed by atoms with Crippen molar-refractivity contribution >= 4 is 12.0 Å². The highest BCUT2D eigenvalue weighted by Gasteiger charge is 2.12. The van der Waals surface area contributed by atoms with E-state index in [0.717, 1.165) is 22.4 Å². The Morgan fingerprint density at radius 3 is 2.68 bits per heavy atom. The number of benzene rings is 2. The van der Waals surface area contributed by atoms with Crippen LogP contribution >= 0.6 is 0 Å². The third kappa shape index (κ3) is 3.11. The number of ether oxygens (including phenoxy) is 3. The normalized spacial score (nSPS) is 12.6. The number of carbonyl (C=O) groups excluding carboxylic acids is 1. The van der Waals surface area contributed by atoms with Gasteiger partial charge in [0.2, 0.25) is 6.79 Å². The summed E-state index contributed by atoms with van der Waals surface area (Å²) in [4.78, 5) is 11.9. The molecule has 0 N–H and O–H groups in total. The third-order valence-corrected chi connectivity index (χ3v) is 3.51. The second-order valence-corrected chi connectivity index (χ2v) is 5.11. The molecule has 0 bridgehead atoms. The zero-order valence-corrected chi connectivity index (χ0v) is 12.5. The Labute approximate surface area is 128 Å². The minimum atomic E-state index is -0.416. The van der Waals surface area contributed by atoms with E-state index in [1.54, 1.807) is 12.1 Å². The van der Waals surface area contributed by atoms with Gasteiger partial charge in [0, 0.05) is 6.08 Å². The van der Waals surface area contributed by atoms with Crippen molar-refractivity contribution in [2.75, 3.05) is 6.79 Å². The predicted octanol–water partition coefficient (Wildman–Crippen LogP) is 3.65. The van der Waals surface area contributed by atoms with Crippen LogP contribution in [0.25, 0.3) is 6.08 Å². The summed E-state index contributed by atoms with van der Waals surface area (Å²) in [6.07, 6.45) is 3.08. The van der Waals surface area contributed by atoms with Crippen LogP contribution in [0.2, 0.25) is 0 Å². The monoisotopic (exact) mass is 296 g/mol. The highest BCUT2D eigenvalue weighted by molar-refractivity contribution is 5.88. The van der Waals surface area contributed by atoms with Gasteiger partial charge in [-0.1, -0.05) is 12.1 Å². The number of rotatable bonds is 3. The maximum Gasteiger partial charge on any atom is 0.336 e. The molecule has 3 rings (SSSR count). The number of carbonyl (C=O) groups is 1. The van der Waals surface area contributed by atoms with E-state index in [1.165, 1.54) is 6.08 Å². The van der Waals surface area contributed by atoms with Crippen molar-refractivity contribution in [3.63, 3.8) is 0 Å². The van der Waals surface area contributed by atoms with E-state index in [1.807, 2.05) is 44.2 Å². The molecule has 0 saturated carbocycles. The van der Waals surface area contributed by atoms with Crippen molar-refractivity contribution < 1.29 is 19.0 Å². The average molecular weight is 296 g/mol. The first-order valence-electron chi connectivity index (χ1n) is 6.98. The first-order chi connectivity index (χ1) is 10.6. The molecule has 112 valence electrons. The van der Waals surface area contributed by atoms with Crippen molar-refractivity contribution in [2.24, 2.45) is 0 Å². The van der Waals surface area contributed by atoms with Gasteiger partial charge in [-0.2, -0.15) is 0 Å². The predicted molar refractivity (Wildman–Crippen MR) is 83.2 cm³/mol. The minimum Gasteiger partial charge on any atom is -0.454 e. The summed E-state index contributed by atoms with van der Waals surface area (Å²) in [5.41, 5.74) is 3.10. The van der Waals surface area contributed by atoms with Crippen LogP contribution < -0.4 is 14.2 Å². The zero-order chi connectivity index (χ0) is 15.5. The maximum atomic E-state index is 11.9. The molecule has 1 aliphatic rings. The number of hydrogen-bond acceptors (Lipinski definition) is 4. The van der Waals surface area contributed by atoms with Gasteiger partial charge in [0.15, 0.2) is 11.5 Å². The van der Waals surface area contributed by atoms with E-state index in [0.29, 0.717) is 11.5 Å². The average Bonchev–Trinajstić information content (AvgIpc) is 2.96. The molecule has 0 amide bonds. The standard InChI is InChI=1S/C18H16O4/c1-12-3-6-15(9-13(12)2)22-18(19)8-5-14-4-7-16-17(10-14)21-11-20-16/h3-10H,11H2,1-2H3/b8-5+. The van der Waals surface area contributed by atoms with Crippen LogP contribution in [0.15, 0.2) is 42.5 Å². The van der Waals surface area contributed by atoms with E-state index in [2.05, 4.69) is 0 Å². The Morgan fingerprint density at radius 1 is 1.05 bits per heavy atom. The molecule has 2 aromatic carbocycles. The van der Waals surface area contributed by atoms with E-state index in [4.69, 9.17) is 14.2 Å². The SMILES string of the molecule is Cc1ccc(OC(=O)/C=C/c2ccc3c(c2)OCO3)cc1C. The second-order valence-electron chi connectivity index (χ2n) is 5.11. The van der Waals surface area contributed by atoms with E-state index >= 15 is 0 Å². The van der Waals surface area contributed by atoms with Gasteiger partial charge in [-0.25, -0.2) is 4.79 Å². The fourth-order valence-corrected chi connectivity index (χ4v) is 2.11. The molecular weight excluding hydrogens is 280 g/mol. The first-order valence-corrected chi connectivity index (χ1v) is 6.98. The summed E-state index contributed by atoms with van der Waals surface area (Å²) in [6.45, 7) is 4.23. The van der Waals surface area contributed by atoms with Crippen molar-refractivity contribution in [1.82, 2.24) is 0 Å². The summed E-state index contributed by atoms with van der Waals surface area (Å²) in [7, 11) is 0. The smallest absolute Gasteiger partial charge is 0.336 e. The van der Waals surface area contributed by atoms with E-state index in [-0.39, 0.29) is 6.79 Å². The minimum absolute atomic E-state index is 0.233. The summed E-state index contributed by atoms with van der Waals surface area (Å²) in [5, 5.41) is 0. The molecule has 0 unspecified atom stereocenters. The topological polar surface area (TPSA) is 44.8 Å². The molecule has 0 aliphatic carbocycles. The van der Waals surface area contributed by atoms with Gasteiger partial charge in [-0.3, -0.25) is 0 Å². The van der Waals surface area contributed by atoms with Crippen LogP contribution in [0.3, 0.4) is 0 Å². The Hall–Kier alpha value is -2.75. The van der Waals surface area contributed by atoms with Crippen LogP contribution in [0.5, 0.6) is 17.2 Å². The third-order valence-electron chi connectivity index (χ3n) is 3.51. The number of fused-ring (bicyclic) bond motifs is 1. The second kappa shape index (κ2) is 5.93. The Morgan fingerprint density at radius 2 is 1.86 bits per heavy atom. The fraction of sp³-hybridized carbons (Fsp3) is 0.167. The Kier molecular flexibility index (Phi) is 3.83. The lowest BCUT2D eigenvalue weighted by Gasteiger charge is -2.04. The zero-order valence-electron chi connectivity index (χ0n) is 12.5.